The molecule has 0 aliphatic heterocycles. The number of rotatable bonds is 7. The molecule has 3 atom stereocenters. The van der Waals surface area contributed by atoms with Crippen LogP contribution in [0.4, 0.5) is 13.6 Å². The van der Waals surface area contributed by atoms with Crippen molar-refractivity contribution in [3.63, 3.8) is 0 Å². The Bertz CT molecular complexity index is 944. The van der Waals surface area contributed by atoms with Crippen LogP contribution in [0.3, 0.4) is 0 Å². The summed E-state index contributed by atoms with van der Waals surface area (Å²) >= 11 is 1.38. The number of aryl methyl sites for hydroxylation is 1. The maximum Gasteiger partial charge on any atom is 0.408 e. The van der Waals surface area contributed by atoms with Gasteiger partial charge in [0.1, 0.15) is 29.4 Å². The molecule has 0 saturated carbocycles. The first-order chi connectivity index (χ1) is 14.9. The minimum absolute atomic E-state index is 0.356. The lowest BCUT2D eigenvalue weighted by molar-refractivity contribution is -0.150. The summed E-state index contributed by atoms with van der Waals surface area (Å²) in [4.78, 5) is 25.3. The number of alkyl carbamates (subject to hydrolysis) is 1. The van der Waals surface area contributed by atoms with E-state index in [1.165, 1.54) is 43.0 Å². The molecule has 2 aromatic rings. The summed E-state index contributed by atoms with van der Waals surface area (Å²) in [5.41, 5.74) is 0.791. The molecule has 0 bridgehead atoms. The number of carbonyl (C=O) groups is 2. The summed E-state index contributed by atoms with van der Waals surface area (Å²) in [6, 6.07) is 9.44. The van der Waals surface area contributed by atoms with Gasteiger partial charge in [-0.05, 0) is 89.1 Å². The van der Waals surface area contributed by atoms with Crippen molar-refractivity contribution in [3.05, 3.63) is 65.2 Å². The Hall–Kier alpha value is -2.61. The largest absolute Gasteiger partial charge is 0.460 e. The van der Waals surface area contributed by atoms with Crippen LogP contribution in [-0.4, -0.2) is 29.8 Å². The molecule has 0 fully saturated rings. The van der Waals surface area contributed by atoms with Gasteiger partial charge in [0.05, 0.1) is 5.25 Å². The molecule has 0 aliphatic carbocycles. The topological polar surface area (TPSA) is 64.6 Å². The SMILES string of the molecule is Cc1cc(F)ccc1[C@@H](Sc1ccc(F)cc1)[C@H](C)OC(=O)[C@H](C)NC(=O)OC(C)(C)C. The van der Waals surface area contributed by atoms with Crippen LogP contribution in [0.5, 0.6) is 0 Å². The molecule has 2 aromatic carbocycles. The first-order valence-corrected chi connectivity index (χ1v) is 11.1. The summed E-state index contributed by atoms with van der Waals surface area (Å²) in [5, 5.41) is 2.07. The molecule has 1 N–H and O–H groups in total. The number of carbonyl (C=O) groups excluding carboxylic acids is 2. The van der Waals surface area contributed by atoms with Gasteiger partial charge in [-0.1, -0.05) is 6.07 Å². The fourth-order valence-electron chi connectivity index (χ4n) is 2.92. The third kappa shape index (κ3) is 7.82. The van der Waals surface area contributed by atoms with Gasteiger partial charge in [0, 0.05) is 4.90 Å². The zero-order valence-electron chi connectivity index (χ0n) is 19.1. The van der Waals surface area contributed by atoms with Gasteiger partial charge in [-0.3, -0.25) is 0 Å². The lowest BCUT2D eigenvalue weighted by atomic mass is 10.0. The number of benzene rings is 2. The monoisotopic (exact) mass is 465 g/mol. The van der Waals surface area contributed by atoms with E-state index in [9.17, 15) is 18.4 Å². The van der Waals surface area contributed by atoms with Gasteiger partial charge >= 0.3 is 12.1 Å². The molecule has 32 heavy (non-hydrogen) atoms. The standard InChI is InChI=1S/C24H29F2NO4S/c1-14-13-18(26)9-12-20(14)21(32-19-10-7-17(25)8-11-19)16(3)30-22(28)15(2)27-23(29)31-24(4,5)6/h7-13,15-16,21H,1-6H3,(H,27,29)/t15-,16-,21-/m0/s1. The second kappa shape index (κ2) is 10.8. The normalized spacial score (nSPS) is 14.2. The van der Waals surface area contributed by atoms with Gasteiger partial charge in [0.2, 0.25) is 0 Å². The van der Waals surface area contributed by atoms with Gasteiger partial charge in [-0.2, -0.15) is 0 Å². The molecule has 5 nitrogen and oxygen atoms in total. The van der Waals surface area contributed by atoms with E-state index in [4.69, 9.17) is 9.47 Å². The molecule has 174 valence electrons. The number of halogens is 2. The molecule has 0 spiro atoms. The van der Waals surface area contributed by atoms with Crippen molar-refractivity contribution < 1.29 is 27.8 Å². The number of ether oxygens (including phenoxy) is 2. The van der Waals surface area contributed by atoms with Crippen molar-refractivity contribution in [1.29, 1.82) is 0 Å². The highest BCUT2D eigenvalue weighted by Gasteiger charge is 2.29. The molecular weight excluding hydrogens is 436 g/mol. The first kappa shape index (κ1) is 25.6. The van der Waals surface area contributed by atoms with Crippen LogP contribution in [0.2, 0.25) is 0 Å². The molecule has 0 aromatic heterocycles. The summed E-state index contributed by atoms with van der Waals surface area (Å²) < 4.78 is 37.8. The van der Waals surface area contributed by atoms with Crippen LogP contribution in [0, 0.1) is 18.6 Å². The van der Waals surface area contributed by atoms with Crippen LogP contribution in [0.15, 0.2) is 47.4 Å². The minimum atomic E-state index is -0.932. The maximum atomic E-state index is 13.7. The van der Waals surface area contributed by atoms with E-state index in [-0.39, 0.29) is 11.6 Å². The van der Waals surface area contributed by atoms with Crippen molar-refractivity contribution in [2.24, 2.45) is 0 Å². The van der Waals surface area contributed by atoms with E-state index in [1.807, 2.05) is 0 Å². The average molecular weight is 466 g/mol. The molecule has 0 radical (unpaired) electrons. The van der Waals surface area contributed by atoms with Gasteiger partial charge in [-0.15, -0.1) is 11.8 Å². The molecule has 0 aliphatic rings. The van der Waals surface area contributed by atoms with E-state index in [2.05, 4.69) is 5.32 Å². The van der Waals surface area contributed by atoms with Crippen molar-refractivity contribution in [2.45, 2.75) is 69.4 Å². The lowest BCUT2D eigenvalue weighted by Crippen LogP contribution is -2.43. The fourth-order valence-corrected chi connectivity index (χ4v) is 4.15. The van der Waals surface area contributed by atoms with Crippen molar-refractivity contribution in [3.8, 4) is 0 Å². The number of nitrogens with one attached hydrogen (secondary N) is 1. The molecule has 2 rings (SSSR count). The van der Waals surface area contributed by atoms with Crippen LogP contribution < -0.4 is 5.32 Å². The fraction of sp³-hybridized carbons (Fsp3) is 0.417. The quantitative estimate of drug-likeness (QED) is 0.404. The molecule has 0 saturated heterocycles. The van der Waals surface area contributed by atoms with Crippen LogP contribution in [0.1, 0.15) is 51.0 Å². The Morgan fingerprint density at radius 3 is 2.16 bits per heavy atom. The van der Waals surface area contributed by atoms with Crippen molar-refractivity contribution >= 4 is 23.8 Å². The van der Waals surface area contributed by atoms with E-state index >= 15 is 0 Å². The number of amides is 1. The number of hydrogen-bond donors (Lipinski definition) is 1. The highest BCUT2D eigenvalue weighted by Crippen LogP contribution is 2.40. The second-order valence-electron chi connectivity index (χ2n) is 8.50. The Morgan fingerprint density at radius 2 is 1.59 bits per heavy atom. The van der Waals surface area contributed by atoms with Crippen LogP contribution in [-0.2, 0) is 14.3 Å². The number of thioether (sulfide) groups is 1. The zero-order valence-corrected chi connectivity index (χ0v) is 19.9. The zero-order chi connectivity index (χ0) is 24.1. The first-order valence-electron chi connectivity index (χ1n) is 10.2. The van der Waals surface area contributed by atoms with Crippen molar-refractivity contribution in [2.75, 3.05) is 0 Å². The van der Waals surface area contributed by atoms with E-state index in [1.54, 1.807) is 52.8 Å². The summed E-state index contributed by atoms with van der Waals surface area (Å²) in [6.45, 7) is 10.2. The highest BCUT2D eigenvalue weighted by atomic mass is 32.2. The number of esters is 1. The Kier molecular flexibility index (Phi) is 8.66. The van der Waals surface area contributed by atoms with E-state index in [0.29, 0.717) is 5.56 Å². The van der Waals surface area contributed by atoms with E-state index in [0.717, 1.165) is 10.5 Å². The Morgan fingerprint density at radius 1 is 1.00 bits per heavy atom. The Labute approximate surface area is 191 Å². The van der Waals surface area contributed by atoms with Crippen molar-refractivity contribution in [1.82, 2.24) is 5.32 Å². The lowest BCUT2D eigenvalue weighted by Gasteiger charge is -2.27. The average Bonchev–Trinajstić information content (AvgIpc) is 2.66. The van der Waals surface area contributed by atoms with Gasteiger partial charge < -0.3 is 14.8 Å². The smallest absolute Gasteiger partial charge is 0.408 e. The van der Waals surface area contributed by atoms with Crippen LogP contribution >= 0.6 is 11.8 Å². The predicted octanol–water partition coefficient (Wildman–Crippen LogP) is 5.95. The summed E-state index contributed by atoms with van der Waals surface area (Å²) in [5.74, 6) is -1.35. The minimum Gasteiger partial charge on any atom is -0.460 e. The molecule has 8 heteroatoms. The number of hydrogen-bond acceptors (Lipinski definition) is 5. The molecule has 1 amide bonds. The van der Waals surface area contributed by atoms with Gasteiger partial charge in [0.25, 0.3) is 0 Å². The van der Waals surface area contributed by atoms with Crippen LogP contribution in [0.25, 0.3) is 0 Å². The van der Waals surface area contributed by atoms with E-state index < -0.39 is 35.1 Å². The van der Waals surface area contributed by atoms with Gasteiger partial charge in [0.15, 0.2) is 0 Å². The second-order valence-corrected chi connectivity index (χ2v) is 9.72. The molecule has 0 heterocycles. The molecule has 0 unspecified atom stereocenters. The summed E-state index contributed by atoms with van der Waals surface area (Å²) in [7, 11) is 0. The summed E-state index contributed by atoms with van der Waals surface area (Å²) in [6.07, 6.45) is -1.36. The molecular formula is C24H29F2NO4S. The predicted molar refractivity (Wildman–Crippen MR) is 121 cm³/mol. The Balaban J connectivity index is 2.18. The highest BCUT2D eigenvalue weighted by molar-refractivity contribution is 7.99. The third-order valence-electron chi connectivity index (χ3n) is 4.43. The third-order valence-corrected chi connectivity index (χ3v) is 5.87. The maximum absolute atomic E-state index is 13.7. The van der Waals surface area contributed by atoms with Gasteiger partial charge in [-0.25, -0.2) is 18.4 Å².